The Bertz CT molecular complexity index is 634. The van der Waals surface area contributed by atoms with Crippen molar-refractivity contribution in [3.8, 4) is 0 Å². The van der Waals surface area contributed by atoms with E-state index in [2.05, 4.69) is 10.0 Å². The molecule has 2 fully saturated rings. The van der Waals surface area contributed by atoms with Crippen LogP contribution in [-0.2, 0) is 18.9 Å². The molecule has 3 rings (SSSR count). The Morgan fingerprint density at radius 3 is 2.75 bits per heavy atom. The van der Waals surface area contributed by atoms with E-state index in [1.165, 1.54) is 0 Å². The van der Waals surface area contributed by atoms with Crippen LogP contribution in [0, 0.1) is 0 Å². The minimum absolute atomic E-state index is 0.340. The van der Waals surface area contributed by atoms with Gasteiger partial charge in [0.1, 0.15) is 24.4 Å². The van der Waals surface area contributed by atoms with Gasteiger partial charge in [-0.3, -0.25) is 0 Å². The molecule has 24 heavy (non-hydrogen) atoms. The summed E-state index contributed by atoms with van der Waals surface area (Å²) in [5.74, 6) is -0.493. The lowest BCUT2D eigenvalue weighted by Gasteiger charge is -2.46. The van der Waals surface area contributed by atoms with Crippen LogP contribution in [0.2, 0.25) is 0 Å². The normalized spacial score (nSPS) is 35.4. The van der Waals surface area contributed by atoms with Crippen molar-refractivity contribution in [1.29, 1.82) is 0 Å². The van der Waals surface area contributed by atoms with E-state index < -0.39 is 36.6 Å². The highest BCUT2D eigenvalue weighted by Gasteiger charge is 2.49. The molecule has 3 unspecified atom stereocenters. The van der Waals surface area contributed by atoms with Crippen molar-refractivity contribution in [2.75, 3.05) is 6.61 Å². The molecule has 0 aliphatic carbocycles. The number of fused-ring (bicyclic) bond motifs is 1. The molecule has 0 aromatic heterocycles. The molecule has 1 aromatic carbocycles. The molecule has 8 nitrogen and oxygen atoms in total. The van der Waals surface area contributed by atoms with Crippen LogP contribution >= 0.6 is 0 Å². The zero-order valence-corrected chi connectivity index (χ0v) is 13.4. The van der Waals surface area contributed by atoms with Gasteiger partial charge in [0, 0.05) is 4.91 Å². The minimum Gasteiger partial charge on any atom is -0.455 e. The maximum absolute atomic E-state index is 12.4. The molecule has 2 heterocycles. The third-order valence-corrected chi connectivity index (χ3v) is 4.17. The van der Waals surface area contributed by atoms with Gasteiger partial charge < -0.3 is 18.9 Å². The van der Waals surface area contributed by atoms with Gasteiger partial charge in [-0.05, 0) is 31.5 Å². The predicted octanol–water partition coefficient (Wildman–Crippen LogP) is 2.44. The topological polar surface area (TPSA) is 103 Å². The van der Waals surface area contributed by atoms with Crippen molar-refractivity contribution in [2.24, 2.45) is 5.11 Å². The summed E-state index contributed by atoms with van der Waals surface area (Å²) in [4.78, 5) is 15.3. The summed E-state index contributed by atoms with van der Waals surface area (Å²) in [6.45, 7) is 3.87. The quantitative estimate of drug-likeness (QED) is 0.366. The van der Waals surface area contributed by atoms with Crippen molar-refractivity contribution in [1.82, 2.24) is 0 Å². The van der Waals surface area contributed by atoms with Crippen molar-refractivity contribution in [3.05, 3.63) is 46.3 Å². The maximum Gasteiger partial charge on any atom is 0.338 e. The Labute approximate surface area is 139 Å². The average molecular weight is 333 g/mol. The number of esters is 1. The average Bonchev–Trinajstić information content (AvgIpc) is 2.59. The predicted molar refractivity (Wildman–Crippen MR) is 83.2 cm³/mol. The van der Waals surface area contributed by atoms with Gasteiger partial charge in [-0.25, -0.2) is 4.79 Å². The Balaban J connectivity index is 1.81. The Hall–Kier alpha value is -2.12. The second kappa shape index (κ2) is 7.19. The van der Waals surface area contributed by atoms with Crippen LogP contribution in [0.25, 0.3) is 10.4 Å². The lowest BCUT2D eigenvalue weighted by atomic mass is 9.93. The molecule has 1 aromatic rings. The first-order chi connectivity index (χ1) is 11.6. The first kappa shape index (κ1) is 16.7. The number of nitrogens with zero attached hydrogens (tertiary/aromatic N) is 3. The van der Waals surface area contributed by atoms with E-state index in [4.69, 9.17) is 24.5 Å². The van der Waals surface area contributed by atoms with Crippen LogP contribution in [0.5, 0.6) is 0 Å². The molecule has 128 valence electrons. The fourth-order valence-electron chi connectivity index (χ4n) is 3.03. The van der Waals surface area contributed by atoms with Crippen LogP contribution < -0.4 is 0 Å². The van der Waals surface area contributed by atoms with Gasteiger partial charge >= 0.3 is 5.97 Å². The zero-order valence-electron chi connectivity index (χ0n) is 13.4. The highest BCUT2D eigenvalue weighted by atomic mass is 16.7. The molecule has 0 amide bonds. The SMILES string of the molecule is CC1OCC2O[C@@H](C)C(OC(=O)c3ccccc3)[C@@H](N=[N+]=[N-])[C@H]2O1. The second-order valence-corrected chi connectivity index (χ2v) is 5.81. The fraction of sp³-hybridized carbons (Fsp3) is 0.562. The lowest BCUT2D eigenvalue weighted by Crippen LogP contribution is -2.62. The van der Waals surface area contributed by atoms with E-state index in [1.54, 1.807) is 38.1 Å². The smallest absolute Gasteiger partial charge is 0.338 e. The molecule has 0 spiro atoms. The molecule has 0 N–H and O–H groups in total. The summed E-state index contributed by atoms with van der Waals surface area (Å²) in [7, 11) is 0. The third-order valence-electron chi connectivity index (χ3n) is 4.17. The first-order valence-corrected chi connectivity index (χ1v) is 7.83. The number of carbonyl (C=O) groups excluding carboxylic acids is 1. The number of hydrogen-bond donors (Lipinski definition) is 0. The summed E-state index contributed by atoms with van der Waals surface area (Å²) in [6.07, 6.45) is -2.51. The van der Waals surface area contributed by atoms with Crippen molar-refractivity contribution >= 4 is 5.97 Å². The Morgan fingerprint density at radius 1 is 1.29 bits per heavy atom. The van der Waals surface area contributed by atoms with Crippen LogP contribution in [0.3, 0.4) is 0 Å². The number of benzene rings is 1. The molecule has 2 aliphatic rings. The molecule has 8 heteroatoms. The largest absolute Gasteiger partial charge is 0.455 e. The van der Waals surface area contributed by atoms with E-state index in [9.17, 15) is 4.79 Å². The third kappa shape index (κ3) is 3.37. The number of hydrogen-bond acceptors (Lipinski definition) is 6. The van der Waals surface area contributed by atoms with E-state index in [0.717, 1.165) is 0 Å². The molecule has 2 saturated heterocycles. The van der Waals surface area contributed by atoms with Gasteiger partial charge in [0.05, 0.1) is 18.3 Å². The highest BCUT2D eigenvalue weighted by molar-refractivity contribution is 5.89. The van der Waals surface area contributed by atoms with Crippen molar-refractivity contribution in [3.63, 3.8) is 0 Å². The van der Waals surface area contributed by atoms with E-state index in [0.29, 0.717) is 12.2 Å². The number of carbonyl (C=O) groups is 1. The standard InChI is InChI=1S/C16H19N3O5/c1-9-14(24-16(20)11-6-4-3-5-7-11)13(18-19-17)15-12(22-9)8-21-10(2)23-15/h3-7,9-10,12-15H,8H2,1-2H3/t9-,10?,12?,13+,14?,15-/m0/s1. The van der Waals surface area contributed by atoms with Crippen LogP contribution in [0.1, 0.15) is 24.2 Å². The second-order valence-electron chi connectivity index (χ2n) is 5.81. The molecule has 0 bridgehead atoms. The van der Waals surface area contributed by atoms with E-state index >= 15 is 0 Å². The molecule has 0 saturated carbocycles. The molecule has 6 atom stereocenters. The molecule has 2 aliphatic heterocycles. The van der Waals surface area contributed by atoms with Crippen molar-refractivity contribution < 1.29 is 23.7 Å². The summed E-state index contributed by atoms with van der Waals surface area (Å²) >= 11 is 0. The number of ether oxygens (including phenoxy) is 4. The summed E-state index contributed by atoms with van der Waals surface area (Å²) < 4.78 is 22.6. The number of azide groups is 1. The molecule has 0 radical (unpaired) electrons. The van der Waals surface area contributed by atoms with Gasteiger partial charge in [-0.15, -0.1) is 0 Å². The minimum atomic E-state index is -0.736. The molecular formula is C16H19N3O5. The summed E-state index contributed by atoms with van der Waals surface area (Å²) in [6, 6.07) is 7.96. The van der Waals surface area contributed by atoms with Gasteiger partial charge in [-0.1, -0.05) is 23.3 Å². The van der Waals surface area contributed by atoms with Crippen LogP contribution in [0.15, 0.2) is 35.4 Å². The summed E-state index contributed by atoms with van der Waals surface area (Å²) in [5.41, 5.74) is 9.34. The van der Waals surface area contributed by atoms with Gasteiger partial charge in [-0.2, -0.15) is 0 Å². The van der Waals surface area contributed by atoms with Gasteiger partial charge in [0.25, 0.3) is 0 Å². The van der Waals surface area contributed by atoms with Crippen LogP contribution in [-0.4, -0.2) is 49.3 Å². The molecular weight excluding hydrogens is 314 g/mol. The Morgan fingerprint density at radius 2 is 2.04 bits per heavy atom. The fourth-order valence-corrected chi connectivity index (χ4v) is 3.03. The summed E-state index contributed by atoms with van der Waals surface area (Å²) in [5, 5.41) is 3.82. The Kier molecular flexibility index (Phi) is 5.01. The van der Waals surface area contributed by atoms with Crippen LogP contribution in [0.4, 0.5) is 0 Å². The first-order valence-electron chi connectivity index (χ1n) is 7.83. The lowest BCUT2D eigenvalue weighted by molar-refractivity contribution is -0.295. The van der Waals surface area contributed by atoms with Gasteiger partial charge in [0.15, 0.2) is 6.29 Å². The zero-order chi connectivity index (χ0) is 17.1. The maximum atomic E-state index is 12.4. The van der Waals surface area contributed by atoms with Crippen molar-refractivity contribution in [2.45, 2.75) is 50.6 Å². The van der Waals surface area contributed by atoms with Gasteiger partial charge in [0.2, 0.25) is 0 Å². The van der Waals surface area contributed by atoms with E-state index in [-0.39, 0.29) is 6.10 Å². The number of rotatable bonds is 3. The monoisotopic (exact) mass is 333 g/mol. The highest BCUT2D eigenvalue weighted by Crippen LogP contribution is 2.32. The van der Waals surface area contributed by atoms with E-state index in [1.807, 2.05) is 6.07 Å².